The number of hydrogen-bond acceptors (Lipinski definition) is 6. The third kappa shape index (κ3) is 3.20. The molecule has 17 heavy (non-hydrogen) atoms. The molecule has 0 bridgehead atoms. The fraction of sp³-hybridized carbons (Fsp3) is 0.636. The Hall–Kier alpha value is -1.56. The molecule has 0 saturated carbocycles. The van der Waals surface area contributed by atoms with Gasteiger partial charge in [0.1, 0.15) is 6.33 Å². The zero-order valence-electron chi connectivity index (χ0n) is 10.7. The van der Waals surface area contributed by atoms with Gasteiger partial charge in [-0.3, -0.25) is 0 Å². The molecule has 0 aliphatic carbocycles. The van der Waals surface area contributed by atoms with Crippen LogP contribution in [0.25, 0.3) is 0 Å². The largest absolute Gasteiger partial charge is 0.490 e. The lowest BCUT2D eigenvalue weighted by Crippen LogP contribution is -2.27. The third-order valence-electron chi connectivity index (χ3n) is 2.41. The number of ether oxygens (including phenoxy) is 1. The normalized spacial score (nSPS) is 10.1. The quantitative estimate of drug-likeness (QED) is 0.553. The van der Waals surface area contributed by atoms with Crippen LogP contribution in [-0.2, 0) is 0 Å². The van der Waals surface area contributed by atoms with E-state index in [2.05, 4.69) is 34.1 Å². The summed E-state index contributed by atoms with van der Waals surface area (Å²) in [6.07, 6.45) is 3.60. The second-order valence-corrected chi connectivity index (χ2v) is 3.71. The van der Waals surface area contributed by atoms with Gasteiger partial charge in [-0.15, -0.1) is 0 Å². The van der Waals surface area contributed by atoms with Crippen LogP contribution >= 0.6 is 0 Å². The monoisotopic (exact) mass is 239 g/mol. The molecular weight excluding hydrogens is 218 g/mol. The standard InChI is InChI=1S/C11H21N5O/c1-4-6-16(7-5-2)11-9(17-3)10(15-12)13-8-14-11/h8H,4-7,12H2,1-3H3,(H,13,14,15). The number of anilines is 2. The molecule has 0 radical (unpaired) electrons. The van der Waals surface area contributed by atoms with Crippen LogP contribution in [0, 0.1) is 0 Å². The molecule has 0 atom stereocenters. The highest BCUT2D eigenvalue weighted by Gasteiger charge is 2.16. The van der Waals surface area contributed by atoms with Crippen molar-refractivity contribution in [1.29, 1.82) is 0 Å². The topological polar surface area (TPSA) is 76.3 Å². The number of hydrazine groups is 1. The zero-order valence-corrected chi connectivity index (χ0v) is 10.7. The molecule has 0 saturated heterocycles. The molecule has 0 aliphatic rings. The van der Waals surface area contributed by atoms with Gasteiger partial charge in [0.25, 0.3) is 0 Å². The van der Waals surface area contributed by atoms with Crippen LogP contribution in [0.1, 0.15) is 26.7 Å². The molecule has 1 heterocycles. The molecule has 3 N–H and O–H groups in total. The highest BCUT2D eigenvalue weighted by Crippen LogP contribution is 2.31. The van der Waals surface area contributed by atoms with Crippen LogP contribution in [0.4, 0.5) is 11.6 Å². The van der Waals surface area contributed by atoms with Crippen molar-refractivity contribution in [3.8, 4) is 5.75 Å². The summed E-state index contributed by atoms with van der Waals surface area (Å²) in [4.78, 5) is 10.5. The van der Waals surface area contributed by atoms with E-state index in [1.165, 1.54) is 6.33 Å². The molecule has 0 aromatic carbocycles. The number of rotatable bonds is 7. The van der Waals surface area contributed by atoms with Crippen molar-refractivity contribution < 1.29 is 4.74 Å². The summed E-state index contributed by atoms with van der Waals surface area (Å²) in [5, 5.41) is 0. The molecule has 6 nitrogen and oxygen atoms in total. The molecule has 0 unspecified atom stereocenters. The van der Waals surface area contributed by atoms with Crippen LogP contribution in [-0.4, -0.2) is 30.2 Å². The van der Waals surface area contributed by atoms with Gasteiger partial charge in [0, 0.05) is 13.1 Å². The number of nitrogen functional groups attached to an aromatic ring is 1. The summed E-state index contributed by atoms with van der Waals surface area (Å²) in [6.45, 7) is 6.15. The zero-order chi connectivity index (χ0) is 12.7. The van der Waals surface area contributed by atoms with E-state index in [4.69, 9.17) is 10.6 Å². The van der Waals surface area contributed by atoms with E-state index in [1.54, 1.807) is 7.11 Å². The number of nitrogens with one attached hydrogen (secondary N) is 1. The minimum Gasteiger partial charge on any atom is -0.490 e. The van der Waals surface area contributed by atoms with Crippen molar-refractivity contribution in [2.45, 2.75) is 26.7 Å². The summed E-state index contributed by atoms with van der Waals surface area (Å²) < 4.78 is 5.33. The van der Waals surface area contributed by atoms with Gasteiger partial charge in [-0.1, -0.05) is 13.8 Å². The second-order valence-electron chi connectivity index (χ2n) is 3.71. The lowest BCUT2D eigenvalue weighted by molar-refractivity contribution is 0.412. The number of methoxy groups -OCH3 is 1. The highest BCUT2D eigenvalue weighted by atomic mass is 16.5. The van der Waals surface area contributed by atoms with Crippen LogP contribution in [0.15, 0.2) is 6.33 Å². The maximum atomic E-state index is 5.40. The van der Waals surface area contributed by atoms with Gasteiger partial charge >= 0.3 is 0 Å². The van der Waals surface area contributed by atoms with Gasteiger partial charge in [0.15, 0.2) is 11.6 Å². The average molecular weight is 239 g/mol. The fourth-order valence-corrected chi connectivity index (χ4v) is 1.74. The van der Waals surface area contributed by atoms with Crippen molar-refractivity contribution in [1.82, 2.24) is 9.97 Å². The Bertz CT molecular complexity index is 339. The molecule has 96 valence electrons. The van der Waals surface area contributed by atoms with E-state index in [0.717, 1.165) is 31.7 Å². The van der Waals surface area contributed by atoms with Gasteiger partial charge in [-0.2, -0.15) is 0 Å². The number of nitrogens with two attached hydrogens (primary N) is 1. The van der Waals surface area contributed by atoms with Gasteiger partial charge in [-0.05, 0) is 12.8 Å². The summed E-state index contributed by atoms with van der Waals surface area (Å²) in [5.41, 5.74) is 2.52. The predicted molar refractivity (Wildman–Crippen MR) is 69.2 cm³/mol. The van der Waals surface area contributed by atoms with Crippen LogP contribution in [0.5, 0.6) is 5.75 Å². The Morgan fingerprint density at radius 1 is 1.29 bits per heavy atom. The molecule has 1 rings (SSSR count). The van der Waals surface area contributed by atoms with Gasteiger partial charge in [0.05, 0.1) is 7.11 Å². The molecule has 0 aliphatic heterocycles. The van der Waals surface area contributed by atoms with Gasteiger partial charge in [-0.25, -0.2) is 15.8 Å². The maximum absolute atomic E-state index is 5.40. The maximum Gasteiger partial charge on any atom is 0.205 e. The van der Waals surface area contributed by atoms with E-state index < -0.39 is 0 Å². The summed E-state index contributed by atoms with van der Waals surface area (Å²) in [6, 6.07) is 0. The Labute approximate surface area is 102 Å². The SMILES string of the molecule is CCCN(CCC)c1ncnc(NN)c1OC. The third-order valence-corrected chi connectivity index (χ3v) is 2.41. The van der Waals surface area contributed by atoms with Crippen LogP contribution in [0.2, 0.25) is 0 Å². The highest BCUT2D eigenvalue weighted by molar-refractivity contribution is 5.64. The van der Waals surface area contributed by atoms with E-state index >= 15 is 0 Å². The Kier molecular flexibility index (Phi) is 5.48. The predicted octanol–water partition coefficient (Wildman–Crippen LogP) is 1.40. The van der Waals surface area contributed by atoms with E-state index in [0.29, 0.717) is 11.6 Å². The van der Waals surface area contributed by atoms with E-state index in [9.17, 15) is 0 Å². The summed E-state index contributed by atoms with van der Waals surface area (Å²) in [7, 11) is 1.60. The number of nitrogens with zero attached hydrogens (tertiary/aromatic N) is 3. The van der Waals surface area contributed by atoms with Crippen molar-refractivity contribution in [3.05, 3.63) is 6.33 Å². The first kappa shape index (κ1) is 13.5. The molecule has 0 fully saturated rings. The smallest absolute Gasteiger partial charge is 0.205 e. The molecular formula is C11H21N5O. The van der Waals surface area contributed by atoms with Gasteiger partial charge in [0.2, 0.25) is 5.75 Å². The first-order chi connectivity index (χ1) is 8.28. The first-order valence-electron chi connectivity index (χ1n) is 5.88. The Morgan fingerprint density at radius 3 is 2.41 bits per heavy atom. The Balaban J connectivity index is 3.07. The van der Waals surface area contributed by atoms with Crippen LogP contribution < -0.4 is 20.9 Å². The van der Waals surface area contributed by atoms with Crippen LogP contribution in [0.3, 0.4) is 0 Å². The van der Waals surface area contributed by atoms with Crippen molar-refractivity contribution in [3.63, 3.8) is 0 Å². The molecule has 0 spiro atoms. The van der Waals surface area contributed by atoms with Crippen molar-refractivity contribution in [2.75, 3.05) is 30.5 Å². The van der Waals surface area contributed by atoms with E-state index in [-0.39, 0.29) is 0 Å². The minimum atomic E-state index is 0.509. The van der Waals surface area contributed by atoms with Crippen molar-refractivity contribution >= 4 is 11.6 Å². The average Bonchev–Trinajstić information content (AvgIpc) is 2.37. The minimum absolute atomic E-state index is 0.509. The summed E-state index contributed by atoms with van der Waals surface area (Å²) >= 11 is 0. The Morgan fingerprint density at radius 2 is 1.94 bits per heavy atom. The molecule has 6 heteroatoms. The molecule has 0 amide bonds. The lowest BCUT2D eigenvalue weighted by Gasteiger charge is -2.24. The number of hydrogen-bond donors (Lipinski definition) is 2. The molecule has 1 aromatic heterocycles. The number of aromatic nitrogens is 2. The van der Waals surface area contributed by atoms with E-state index in [1.807, 2.05) is 0 Å². The molecule has 1 aromatic rings. The fourth-order valence-electron chi connectivity index (χ4n) is 1.74. The second kappa shape index (κ2) is 6.90. The van der Waals surface area contributed by atoms with Gasteiger partial charge < -0.3 is 15.1 Å². The first-order valence-corrected chi connectivity index (χ1v) is 5.88. The van der Waals surface area contributed by atoms with Crippen molar-refractivity contribution in [2.24, 2.45) is 5.84 Å². The summed E-state index contributed by atoms with van der Waals surface area (Å²) in [5.74, 6) is 7.30. The lowest BCUT2D eigenvalue weighted by atomic mass is 10.3.